The van der Waals surface area contributed by atoms with E-state index in [0.717, 1.165) is 5.57 Å². The molecule has 0 N–H and O–H groups in total. The molecule has 0 bridgehead atoms. The van der Waals surface area contributed by atoms with E-state index in [2.05, 4.69) is 54.8 Å². The molecule has 0 aromatic heterocycles. The van der Waals surface area contributed by atoms with Crippen molar-refractivity contribution in [3.8, 4) is 0 Å². The van der Waals surface area contributed by atoms with Crippen LogP contribution in [0.1, 0.15) is 12.5 Å². The molecule has 14 heavy (non-hydrogen) atoms. The molecule has 0 spiro atoms. The van der Waals surface area contributed by atoms with Gasteiger partial charge in [0, 0.05) is 0 Å². The van der Waals surface area contributed by atoms with E-state index < -0.39 is 0 Å². The highest BCUT2D eigenvalue weighted by Crippen LogP contribution is 2.19. The van der Waals surface area contributed by atoms with Crippen LogP contribution in [-0.4, -0.2) is 0 Å². The second kappa shape index (κ2) is 3.53. The first-order valence-corrected chi connectivity index (χ1v) is 4.67. The number of benzene rings is 2. The second-order valence-electron chi connectivity index (χ2n) is 3.36. The summed E-state index contributed by atoms with van der Waals surface area (Å²) in [5, 5.41) is 2.53. The monoisotopic (exact) mass is 180 g/mol. The molecular formula is C14H12. The highest BCUT2D eigenvalue weighted by atomic mass is 14.0. The molecule has 0 aliphatic rings. The Morgan fingerprint density at radius 2 is 1.79 bits per heavy atom. The topological polar surface area (TPSA) is 0 Å². The summed E-state index contributed by atoms with van der Waals surface area (Å²) in [6.45, 7) is 5.68. The van der Waals surface area contributed by atoms with Crippen LogP contribution in [0.2, 0.25) is 0 Å². The Morgan fingerprint density at radius 1 is 1.07 bits per heavy atom. The van der Waals surface area contributed by atoms with Gasteiger partial charge < -0.3 is 0 Å². The van der Waals surface area contributed by atoms with Crippen molar-refractivity contribution in [1.29, 1.82) is 0 Å². The molecular weight excluding hydrogens is 168 g/mol. The van der Waals surface area contributed by atoms with Gasteiger partial charge in [0.05, 0.1) is 0 Å². The van der Waals surface area contributed by atoms with E-state index in [9.17, 15) is 0 Å². The lowest BCUT2D eigenvalue weighted by atomic mass is 10.0. The van der Waals surface area contributed by atoms with Crippen LogP contribution in [-0.2, 0) is 0 Å². The molecule has 0 saturated heterocycles. The van der Waals surface area contributed by atoms with Crippen LogP contribution in [0.5, 0.6) is 0 Å². The van der Waals surface area contributed by atoms with E-state index in [-0.39, 0.29) is 0 Å². The van der Waals surface area contributed by atoms with Crippen molar-refractivity contribution >= 4 is 16.3 Å². The Balaban J connectivity index is 2.68. The summed E-state index contributed by atoms with van der Waals surface area (Å²) >= 11 is 0. The predicted molar refractivity (Wildman–Crippen MR) is 62.2 cm³/mol. The minimum atomic E-state index is 1.09. The third kappa shape index (κ3) is 1.48. The third-order valence-corrected chi connectivity index (χ3v) is 2.45. The van der Waals surface area contributed by atoms with Crippen LogP contribution in [0.25, 0.3) is 16.3 Å². The van der Waals surface area contributed by atoms with Crippen molar-refractivity contribution < 1.29 is 0 Å². The van der Waals surface area contributed by atoms with Crippen LogP contribution in [0.3, 0.4) is 0 Å². The van der Waals surface area contributed by atoms with Gasteiger partial charge in [0.1, 0.15) is 0 Å². The van der Waals surface area contributed by atoms with Crippen molar-refractivity contribution in [3.63, 3.8) is 0 Å². The van der Waals surface area contributed by atoms with Crippen molar-refractivity contribution in [1.82, 2.24) is 0 Å². The summed E-state index contributed by atoms with van der Waals surface area (Å²) in [6.07, 6.45) is 0. The van der Waals surface area contributed by atoms with Crippen LogP contribution < -0.4 is 0 Å². The van der Waals surface area contributed by atoms with Gasteiger partial charge in [-0.1, -0.05) is 43.0 Å². The Labute approximate surface area is 84.2 Å². The summed E-state index contributed by atoms with van der Waals surface area (Å²) in [5.74, 6) is 0. The molecule has 0 amide bonds. The molecule has 0 aliphatic heterocycles. The molecule has 0 fully saturated rings. The van der Waals surface area contributed by atoms with E-state index in [1.54, 1.807) is 0 Å². The van der Waals surface area contributed by atoms with Crippen molar-refractivity contribution in [2.45, 2.75) is 6.92 Å². The van der Waals surface area contributed by atoms with Gasteiger partial charge in [-0.15, -0.1) is 5.73 Å². The zero-order valence-corrected chi connectivity index (χ0v) is 8.25. The zero-order valence-electron chi connectivity index (χ0n) is 8.25. The fourth-order valence-electron chi connectivity index (χ4n) is 1.52. The minimum Gasteiger partial charge on any atom is -0.125 e. The summed E-state index contributed by atoms with van der Waals surface area (Å²) in [6, 6.07) is 14.8. The van der Waals surface area contributed by atoms with Crippen LogP contribution in [0, 0.1) is 0 Å². The maximum absolute atomic E-state index is 3.66. The predicted octanol–water partition coefficient (Wildman–Crippen LogP) is 4.03. The summed E-state index contributed by atoms with van der Waals surface area (Å²) in [4.78, 5) is 0. The lowest BCUT2D eigenvalue weighted by molar-refractivity contribution is 1.61. The number of hydrogen-bond donors (Lipinski definition) is 0. The molecule has 0 nitrogen and oxygen atoms in total. The lowest BCUT2D eigenvalue weighted by Crippen LogP contribution is -1.78. The normalized spacial score (nSPS) is 9.79. The first-order chi connectivity index (χ1) is 6.81. The molecule has 68 valence electrons. The first-order valence-electron chi connectivity index (χ1n) is 4.67. The standard InChI is InChI=1S/C14H12/c1-3-11(2)13-9-8-12-6-4-5-7-14(12)10-13/h4-10H,1H2,2H3. The molecule has 0 heterocycles. The van der Waals surface area contributed by atoms with Gasteiger partial charge >= 0.3 is 0 Å². The van der Waals surface area contributed by atoms with Crippen molar-refractivity contribution in [2.24, 2.45) is 0 Å². The first kappa shape index (κ1) is 8.80. The largest absolute Gasteiger partial charge is 0.125 e. The highest BCUT2D eigenvalue weighted by molar-refractivity contribution is 5.85. The van der Waals surface area contributed by atoms with E-state index in [4.69, 9.17) is 0 Å². The van der Waals surface area contributed by atoms with Gasteiger partial charge in [0.25, 0.3) is 0 Å². The Kier molecular flexibility index (Phi) is 2.22. The smallest absolute Gasteiger partial charge is 0.00250 e. The van der Waals surface area contributed by atoms with Gasteiger partial charge in [-0.05, 0) is 34.9 Å². The van der Waals surface area contributed by atoms with Crippen LogP contribution in [0.15, 0.2) is 54.8 Å². The molecule has 2 rings (SSSR count). The SMILES string of the molecule is C=C=C(C)c1ccc2ccccc2c1. The molecule has 0 unspecified atom stereocenters. The maximum Gasteiger partial charge on any atom is -0.00250 e. The highest BCUT2D eigenvalue weighted by Gasteiger charge is 1.96. The fourth-order valence-corrected chi connectivity index (χ4v) is 1.52. The van der Waals surface area contributed by atoms with Gasteiger partial charge in [-0.25, -0.2) is 0 Å². The zero-order chi connectivity index (χ0) is 9.97. The number of hydrogen-bond acceptors (Lipinski definition) is 0. The summed E-state index contributed by atoms with van der Waals surface area (Å²) in [5.41, 5.74) is 5.20. The molecule has 0 saturated carbocycles. The Hall–Kier alpha value is -1.78. The van der Waals surface area contributed by atoms with Gasteiger partial charge in [-0.3, -0.25) is 0 Å². The van der Waals surface area contributed by atoms with Crippen LogP contribution in [0.4, 0.5) is 0 Å². The van der Waals surface area contributed by atoms with E-state index in [0.29, 0.717) is 0 Å². The van der Waals surface area contributed by atoms with Crippen molar-refractivity contribution in [2.75, 3.05) is 0 Å². The summed E-state index contributed by atoms with van der Waals surface area (Å²) < 4.78 is 0. The molecule has 0 radical (unpaired) electrons. The number of rotatable bonds is 1. The van der Waals surface area contributed by atoms with Crippen LogP contribution >= 0.6 is 0 Å². The van der Waals surface area contributed by atoms with Crippen molar-refractivity contribution in [3.05, 3.63) is 60.3 Å². The summed E-state index contributed by atoms with van der Waals surface area (Å²) in [7, 11) is 0. The van der Waals surface area contributed by atoms with Gasteiger partial charge in [0.2, 0.25) is 0 Å². The molecule has 0 heteroatoms. The molecule has 2 aromatic rings. The van der Waals surface area contributed by atoms with E-state index in [1.165, 1.54) is 16.3 Å². The molecule has 2 aromatic carbocycles. The van der Waals surface area contributed by atoms with Gasteiger partial charge in [0.15, 0.2) is 0 Å². The Morgan fingerprint density at radius 3 is 2.50 bits per heavy atom. The lowest BCUT2D eigenvalue weighted by Gasteiger charge is -2.01. The van der Waals surface area contributed by atoms with E-state index in [1.807, 2.05) is 6.92 Å². The van der Waals surface area contributed by atoms with Gasteiger partial charge in [-0.2, -0.15) is 0 Å². The molecule has 0 aliphatic carbocycles. The van der Waals surface area contributed by atoms with E-state index >= 15 is 0 Å². The maximum atomic E-state index is 3.66. The Bertz CT molecular complexity index is 514. The average Bonchev–Trinajstić information content (AvgIpc) is 2.27. The second-order valence-corrected chi connectivity index (χ2v) is 3.36. The number of fused-ring (bicyclic) bond motifs is 1. The fraction of sp³-hybridized carbons (Fsp3) is 0.0714. The quantitative estimate of drug-likeness (QED) is 0.581. The minimum absolute atomic E-state index is 1.09. The number of allylic oxidation sites excluding steroid dienone is 1. The molecule has 0 atom stereocenters. The third-order valence-electron chi connectivity index (χ3n) is 2.45. The average molecular weight is 180 g/mol.